The van der Waals surface area contributed by atoms with Crippen molar-refractivity contribution in [3.05, 3.63) is 47.4 Å². The molecule has 0 spiro atoms. The second-order valence-electron chi connectivity index (χ2n) is 2.98. The molecule has 0 amide bonds. The molecule has 2 nitrogen and oxygen atoms in total. The monoisotopic (exact) mass is 180 g/mol. The van der Waals surface area contributed by atoms with E-state index < -0.39 is 5.97 Å². The van der Waals surface area contributed by atoms with Crippen LogP contribution in [-0.4, -0.2) is 11.1 Å². The molecule has 0 unspecified atom stereocenters. The largest absolute Gasteiger partial charge is 1.00 e. The molecule has 0 bridgehead atoms. The first-order valence-electron chi connectivity index (χ1n) is 4.14. The van der Waals surface area contributed by atoms with E-state index in [2.05, 4.69) is 0 Å². The van der Waals surface area contributed by atoms with Gasteiger partial charge in [-0.25, -0.2) is 0 Å². The van der Waals surface area contributed by atoms with Crippen molar-refractivity contribution >= 4 is 12.0 Å². The van der Waals surface area contributed by atoms with Gasteiger partial charge in [0, 0.05) is 0 Å². The van der Waals surface area contributed by atoms with Crippen LogP contribution in [0, 0.1) is 5.92 Å². The van der Waals surface area contributed by atoms with E-state index in [4.69, 9.17) is 5.11 Å². The number of carbonyl (C=O) groups is 1. The van der Waals surface area contributed by atoms with Crippen LogP contribution in [0.1, 0.15) is 17.5 Å². The number of hydrogen-bond acceptors (Lipinski definition) is 1. The number of carboxylic acid groups (broad SMARTS) is 1. The van der Waals surface area contributed by atoms with Crippen LogP contribution >= 0.6 is 0 Å². The number of aliphatic carboxylic acids is 1. The Morgan fingerprint density at radius 3 is 2.79 bits per heavy atom. The minimum atomic E-state index is -0.822. The number of allylic oxidation sites excluding steroid dienone is 1. The van der Waals surface area contributed by atoms with Gasteiger partial charge in [-0.1, -0.05) is 12.0 Å². The van der Waals surface area contributed by atoms with Crippen molar-refractivity contribution in [2.75, 3.05) is 0 Å². The smallest absolute Gasteiger partial charge is 0.487 e. The van der Waals surface area contributed by atoms with Gasteiger partial charge in [-0.2, -0.15) is 11.6 Å². The number of fused-ring (bicyclic) bond motifs is 1. The van der Waals surface area contributed by atoms with Crippen LogP contribution in [0.2, 0.25) is 0 Å². The van der Waals surface area contributed by atoms with Gasteiger partial charge >= 0.3 is 18.9 Å². The maximum absolute atomic E-state index is 10.8. The molecule has 1 aromatic carbocycles. The van der Waals surface area contributed by atoms with Crippen LogP contribution in [-0.2, 0) is 4.79 Å². The van der Waals surface area contributed by atoms with Crippen LogP contribution in [0.15, 0.2) is 30.3 Å². The first kappa shape index (κ1) is 11.0. The summed E-state index contributed by atoms with van der Waals surface area (Å²) in [5.74, 6) is -0.338. The predicted molar refractivity (Wildman–Crippen MR) is 50.1 cm³/mol. The van der Waals surface area contributed by atoms with E-state index in [-0.39, 0.29) is 18.9 Å². The Labute approximate surface area is 94.8 Å². The molecular formula is C11H9LiO2. The molecule has 0 fully saturated rings. The van der Waals surface area contributed by atoms with Crippen LogP contribution < -0.4 is 18.9 Å². The van der Waals surface area contributed by atoms with Crippen molar-refractivity contribution in [1.29, 1.82) is 0 Å². The normalized spacial score (nSPS) is 13.0. The average molecular weight is 180 g/mol. The molecule has 0 aliphatic heterocycles. The summed E-state index contributed by atoms with van der Waals surface area (Å²) in [5, 5.41) is 8.91. The third kappa shape index (κ3) is 1.87. The SMILES string of the molecule is O=C(O)[C-]1CC=Cc2ccccc21.[Li+]. The molecule has 1 N–H and O–H groups in total. The Hall–Kier alpha value is -1.10. The van der Waals surface area contributed by atoms with Gasteiger partial charge in [-0.3, -0.25) is 4.79 Å². The predicted octanol–water partition coefficient (Wildman–Crippen LogP) is -0.885. The number of hydrogen-bond donors (Lipinski definition) is 1. The first-order chi connectivity index (χ1) is 6.29. The summed E-state index contributed by atoms with van der Waals surface area (Å²) in [6.45, 7) is 0. The van der Waals surface area contributed by atoms with E-state index in [0.29, 0.717) is 12.3 Å². The van der Waals surface area contributed by atoms with Gasteiger partial charge in [0.25, 0.3) is 5.97 Å². The van der Waals surface area contributed by atoms with Crippen LogP contribution in [0.5, 0.6) is 0 Å². The summed E-state index contributed by atoms with van der Waals surface area (Å²) in [4.78, 5) is 10.8. The quantitative estimate of drug-likeness (QED) is 0.450. The van der Waals surface area contributed by atoms with Crippen LogP contribution in [0.25, 0.3) is 6.08 Å². The zero-order chi connectivity index (χ0) is 9.26. The third-order valence-electron chi connectivity index (χ3n) is 2.16. The summed E-state index contributed by atoms with van der Waals surface area (Å²) >= 11 is 0. The molecule has 0 radical (unpaired) electrons. The van der Waals surface area contributed by atoms with E-state index in [1.807, 2.05) is 36.4 Å². The van der Waals surface area contributed by atoms with Gasteiger partial charge in [0.15, 0.2) is 0 Å². The maximum atomic E-state index is 10.8. The Morgan fingerprint density at radius 2 is 2.07 bits per heavy atom. The summed E-state index contributed by atoms with van der Waals surface area (Å²) < 4.78 is 0. The van der Waals surface area contributed by atoms with Crippen molar-refractivity contribution < 1.29 is 28.8 Å². The summed E-state index contributed by atoms with van der Waals surface area (Å²) in [6.07, 6.45) is 4.36. The zero-order valence-corrected chi connectivity index (χ0v) is 8.03. The Bertz CT molecular complexity index is 371. The Kier molecular flexibility index (Phi) is 3.46. The van der Waals surface area contributed by atoms with E-state index >= 15 is 0 Å². The third-order valence-corrected chi connectivity index (χ3v) is 2.16. The molecule has 3 heteroatoms. The van der Waals surface area contributed by atoms with E-state index in [1.54, 1.807) is 0 Å². The molecule has 0 aromatic heterocycles. The van der Waals surface area contributed by atoms with Gasteiger partial charge in [-0.15, -0.1) is 29.8 Å². The van der Waals surface area contributed by atoms with Gasteiger partial charge in [0.2, 0.25) is 0 Å². The molecule has 0 atom stereocenters. The van der Waals surface area contributed by atoms with Crippen molar-refractivity contribution in [3.8, 4) is 0 Å². The average Bonchev–Trinajstić information content (AvgIpc) is 2.17. The summed E-state index contributed by atoms with van der Waals surface area (Å²) in [6, 6.07) is 7.55. The van der Waals surface area contributed by atoms with E-state index in [0.717, 1.165) is 11.1 Å². The molecule has 66 valence electrons. The standard InChI is InChI=1S/C11H9O2.Li/c12-11(13)10-7-3-5-8-4-1-2-6-9(8)10;/h1-6H,7H2,(H,12,13);/q-1;+1. The van der Waals surface area contributed by atoms with E-state index in [9.17, 15) is 4.79 Å². The summed E-state index contributed by atoms with van der Waals surface area (Å²) in [7, 11) is 0. The molecule has 2 rings (SSSR count). The minimum absolute atomic E-state index is 0. The fourth-order valence-electron chi connectivity index (χ4n) is 1.53. The van der Waals surface area contributed by atoms with Crippen molar-refractivity contribution in [1.82, 2.24) is 0 Å². The second kappa shape index (κ2) is 4.41. The molecule has 0 heterocycles. The molecule has 0 saturated heterocycles. The van der Waals surface area contributed by atoms with Gasteiger partial charge in [0.05, 0.1) is 0 Å². The zero-order valence-electron chi connectivity index (χ0n) is 8.03. The van der Waals surface area contributed by atoms with Crippen molar-refractivity contribution in [3.63, 3.8) is 0 Å². The Morgan fingerprint density at radius 1 is 1.36 bits per heavy atom. The van der Waals surface area contributed by atoms with Crippen molar-refractivity contribution in [2.24, 2.45) is 0 Å². The Balaban J connectivity index is 0.000000980. The second-order valence-corrected chi connectivity index (χ2v) is 2.98. The van der Waals surface area contributed by atoms with Gasteiger partial charge in [-0.05, 0) is 6.42 Å². The molecule has 1 aliphatic carbocycles. The fraction of sp³-hybridized carbons (Fsp3) is 0.0909. The summed E-state index contributed by atoms with van der Waals surface area (Å²) in [5.41, 5.74) is 1.84. The first-order valence-corrected chi connectivity index (χ1v) is 4.14. The van der Waals surface area contributed by atoms with Crippen LogP contribution in [0.3, 0.4) is 0 Å². The maximum Gasteiger partial charge on any atom is 1.00 e. The number of benzene rings is 1. The molecule has 14 heavy (non-hydrogen) atoms. The van der Waals surface area contributed by atoms with Gasteiger partial charge in [0.1, 0.15) is 0 Å². The van der Waals surface area contributed by atoms with Crippen molar-refractivity contribution in [2.45, 2.75) is 6.42 Å². The molecular weight excluding hydrogens is 171 g/mol. The molecule has 0 saturated carbocycles. The fourth-order valence-corrected chi connectivity index (χ4v) is 1.53. The topological polar surface area (TPSA) is 37.3 Å². The minimum Gasteiger partial charge on any atom is -0.487 e. The molecule has 1 aliphatic rings. The number of carboxylic acids is 1. The molecule has 1 aromatic rings. The van der Waals surface area contributed by atoms with Crippen LogP contribution in [0.4, 0.5) is 0 Å². The van der Waals surface area contributed by atoms with E-state index in [1.165, 1.54) is 0 Å². The van der Waals surface area contributed by atoms with Gasteiger partial charge < -0.3 is 5.11 Å². The number of rotatable bonds is 1.